The summed E-state index contributed by atoms with van der Waals surface area (Å²) in [5.41, 5.74) is 0.594. The number of hydrogen-bond donors (Lipinski definition) is 2. The van der Waals surface area contributed by atoms with Gasteiger partial charge in [0.05, 0.1) is 4.47 Å². The van der Waals surface area contributed by atoms with Crippen molar-refractivity contribution in [2.45, 2.75) is 24.3 Å². The van der Waals surface area contributed by atoms with Crippen molar-refractivity contribution in [1.82, 2.24) is 0 Å². The van der Waals surface area contributed by atoms with Crippen LogP contribution in [0.25, 0.3) is 0 Å². The molecule has 0 amide bonds. The molecule has 29 heavy (non-hydrogen) atoms. The monoisotopic (exact) mass is 538 g/mol. The second-order valence-corrected chi connectivity index (χ2v) is 10.1. The largest absolute Gasteiger partial charge is 0.508 e. The Morgan fingerprint density at radius 2 is 1.31 bits per heavy atom. The van der Waals surface area contributed by atoms with Crippen molar-refractivity contribution in [3.05, 3.63) is 85.3 Å². The van der Waals surface area contributed by atoms with Crippen LogP contribution >= 0.6 is 31.9 Å². The first-order valence-electron chi connectivity index (χ1n) is 8.62. The summed E-state index contributed by atoms with van der Waals surface area (Å²) in [4.78, 5) is -0.0492. The zero-order valence-electron chi connectivity index (χ0n) is 15.4. The van der Waals surface area contributed by atoms with Crippen molar-refractivity contribution < 1.29 is 22.8 Å². The SMILES string of the molecule is Cc1ccc(C2(c3ccc(C)cc3O)OS(=O)(=O)c3c2ccc(Br)c3Br)c(O)c1. The predicted octanol–water partition coefficient (Wildman–Crippen LogP) is 5.25. The first kappa shape index (κ1) is 20.4. The van der Waals surface area contributed by atoms with Gasteiger partial charge >= 0.3 is 0 Å². The summed E-state index contributed by atoms with van der Waals surface area (Å²) < 4.78 is 32.8. The molecule has 1 aliphatic heterocycles. The Kier molecular flexibility index (Phi) is 4.81. The summed E-state index contributed by atoms with van der Waals surface area (Å²) in [5, 5.41) is 21.5. The van der Waals surface area contributed by atoms with Gasteiger partial charge in [-0.1, -0.05) is 30.3 Å². The maximum Gasteiger partial charge on any atom is 0.300 e. The standard InChI is InChI=1S/C21H16Br2O5S/c1-11-3-5-13(17(24)9-11)21(14-6-4-12(2)10-18(14)25)15-7-8-16(22)19(23)20(15)29(26,27)28-21/h3-10,24-25H,1-2H3. The van der Waals surface area contributed by atoms with E-state index in [2.05, 4.69) is 31.9 Å². The van der Waals surface area contributed by atoms with Gasteiger partial charge in [0.1, 0.15) is 16.4 Å². The molecule has 4 rings (SSSR count). The topological polar surface area (TPSA) is 83.8 Å². The predicted molar refractivity (Wildman–Crippen MR) is 116 cm³/mol. The average molecular weight is 540 g/mol. The number of rotatable bonds is 2. The molecule has 1 heterocycles. The summed E-state index contributed by atoms with van der Waals surface area (Å²) >= 11 is 6.67. The molecular formula is C21H16Br2O5S. The molecule has 0 spiro atoms. The van der Waals surface area contributed by atoms with E-state index in [9.17, 15) is 18.6 Å². The van der Waals surface area contributed by atoms with E-state index in [0.29, 0.717) is 14.5 Å². The molecular weight excluding hydrogens is 524 g/mol. The summed E-state index contributed by atoms with van der Waals surface area (Å²) in [6.07, 6.45) is 0. The Morgan fingerprint density at radius 3 is 1.79 bits per heavy atom. The van der Waals surface area contributed by atoms with E-state index >= 15 is 0 Å². The maximum atomic E-state index is 13.1. The quantitative estimate of drug-likeness (QED) is 0.434. The van der Waals surface area contributed by atoms with Gasteiger partial charge in [-0.15, -0.1) is 0 Å². The number of hydrogen-bond acceptors (Lipinski definition) is 5. The molecule has 1 aliphatic rings. The average Bonchev–Trinajstić information content (AvgIpc) is 2.86. The minimum absolute atomic E-state index is 0.0492. The molecule has 2 N–H and O–H groups in total. The highest BCUT2D eigenvalue weighted by Gasteiger charge is 2.54. The van der Waals surface area contributed by atoms with Crippen molar-refractivity contribution in [3.63, 3.8) is 0 Å². The molecule has 0 aromatic heterocycles. The summed E-state index contributed by atoms with van der Waals surface area (Å²) in [7, 11) is -4.22. The fraction of sp³-hybridized carbons (Fsp3) is 0.143. The number of halogens is 2. The Bertz CT molecular complexity index is 1220. The molecule has 0 saturated heterocycles. The summed E-state index contributed by atoms with van der Waals surface area (Å²) in [6.45, 7) is 3.63. The van der Waals surface area contributed by atoms with Crippen molar-refractivity contribution in [1.29, 1.82) is 0 Å². The molecule has 8 heteroatoms. The van der Waals surface area contributed by atoms with Crippen LogP contribution in [0.1, 0.15) is 27.8 Å². The number of phenols is 2. The van der Waals surface area contributed by atoms with Crippen molar-refractivity contribution >= 4 is 42.0 Å². The van der Waals surface area contributed by atoms with Gasteiger partial charge in [0, 0.05) is 21.2 Å². The molecule has 0 saturated carbocycles. The van der Waals surface area contributed by atoms with Crippen molar-refractivity contribution in [3.8, 4) is 11.5 Å². The molecule has 0 radical (unpaired) electrons. The third kappa shape index (κ3) is 3.01. The van der Waals surface area contributed by atoms with Gasteiger partial charge in [0.15, 0.2) is 5.60 Å². The normalized spacial score (nSPS) is 16.6. The third-order valence-corrected chi connectivity index (χ3v) is 8.65. The first-order valence-corrected chi connectivity index (χ1v) is 11.6. The molecule has 0 fully saturated rings. The van der Waals surface area contributed by atoms with Gasteiger partial charge in [-0.3, -0.25) is 0 Å². The van der Waals surface area contributed by atoms with Crippen LogP contribution in [0.2, 0.25) is 0 Å². The molecule has 5 nitrogen and oxygen atoms in total. The van der Waals surface area contributed by atoms with E-state index < -0.39 is 15.7 Å². The van der Waals surface area contributed by atoms with Gasteiger partial charge in [0.25, 0.3) is 10.1 Å². The molecule has 0 atom stereocenters. The third-order valence-electron chi connectivity index (χ3n) is 4.98. The molecule has 0 unspecified atom stereocenters. The molecule has 150 valence electrons. The van der Waals surface area contributed by atoms with Gasteiger partial charge in [0.2, 0.25) is 0 Å². The van der Waals surface area contributed by atoms with Crippen LogP contribution in [0, 0.1) is 13.8 Å². The lowest BCUT2D eigenvalue weighted by Gasteiger charge is -2.30. The van der Waals surface area contributed by atoms with Gasteiger partial charge in [-0.05, 0) is 75.0 Å². The minimum atomic E-state index is -4.22. The van der Waals surface area contributed by atoms with Crippen LogP contribution in [0.15, 0.2) is 62.4 Å². The number of phenolic OH excluding ortho intramolecular Hbond substituents is 2. The Hall–Kier alpha value is -1.87. The zero-order chi connectivity index (χ0) is 21.1. The van der Waals surface area contributed by atoms with E-state index in [1.54, 1.807) is 36.4 Å². The van der Waals surface area contributed by atoms with Crippen molar-refractivity contribution in [2.75, 3.05) is 0 Å². The van der Waals surface area contributed by atoms with E-state index in [-0.39, 0.29) is 27.5 Å². The number of fused-ring (bicyclic) bond motifs is 1. The molecule has 0 bridgehead atoms. The number of benzene rings is 3. The highest BCUT2D eigenvalue weighted by atomic mass is 79.9. The van der Waals surface area contributed by atoms with Crippen LogP contribution in [0.3, 0.4) is 0 Å². The molecule has 3 aromatic carbocycles. The van der Waals surface area contributed by atoms with Crippen LogP contribution < -0.4 is 0 Å². The Labute approximate surface area is 185 Å². The van der Waals surface area contributed by atoms with Crippen molar-refractivity contribution in [2.24, 2.45) is 0 Å². The van der Waals surface area contributed by atoms with E-state index in [1.165, 1.54) is 12.1 Å². The lowest BCUT2D eigenvalue weighted by molar-refractivity contribution is 0.172. The molecule has 0 aliphatic carbocycles. The van der Waals surface area contributed by atoms with Crippen LogP contribution in [-0.2, 0) is 19.9 Å². The Morgan fingerprint density at radius 1 is 0.828 bits per heavy atom. The first-order chi connectivity index (χ1) is 13.6. The fourth-order valence-electron chi connectivity index (χ4n) is 3.71. The molecule has 3 aromatic rings. The van der Waals surface area contributed by atoms with Crippen LogP contribution in [-0.4, -0.2) is 18.6 Å². The number of aromatic hydroxyl groups is 2. The minimum Gasteiger partial charge on any atom is -0.508 e. The second-order valence-electron chi connectivity index (χ2n) is 7.00. The second kappa shape index (κ2) is 6.84. The summed E-state index contributed by atoms with van der Waals surface area (Å²) in [5.74, 6) is -0.265. The van der Waals surface area contributed by atoms with Gasteiger partial charge in [-0.25, -0.2) is 4.18 Å². The van der Waals surface area contributed by atoms with E-state index in [4.69, 9.17) is 4.18 Å². The maximum absolute atomic E-state index is 13.1. The fourth-order valence-corrected chi connectivity index (χ4v) is 6.60. The highest BCUT2D eigenvalue weighted by Crippen LogP contribution is 2.56. The highest BCUT2D eigenvalue weighted by molar-refractivity contribution is 9.13. The van der Waals surface area contributed by atoms with Crippen LogP contribution in [0.4, 0.5) is 0 Å². The van der Waals surface area contributed by atoms with Gasteiger partial charge in [-0.2, -0.15) is 8.42 Å². The number of aryl methyl sites for hydroxylation is 2. The van der Waals surface area contributed by atoms with Crippen LogP contribution in [0.5, 0.6) is 11.5 Å². The zero-order valence-corrected chi connectivity index (χ0v) is 19.4. The smallest absolute Gasteiger partial charge is 0.300 e. The Balaban J connectivity index is 2.20. The van der Waals surface area contributed by atoms with Gasteiger partial charge < -0.3 is 10.2 Å². The van der Waals surface area contributed by atoms with E-state index in [1.807, 2.05) is 13.8 Å². The van der Waals surface area contributed by atoms with E-state index in [0.717, 1.165) is 11.1 Å². The lowest BCUT2D eigenvalue weighted by atomic mass is 9.79. The summed E-state index contributed by atoms with van der Waals surface area (Å²) in [6, 6.07) is 13.1. The lowest BCUT2D eigenvalue weighted by Crippen LogP contribution is -2.30.